The number of hydrogen-bond donors (Lipinski definition) is 1. The highest BCUT2D eigenvalue weighted by molar-refractivity contribution is 7.91. The third kappa shape index (κ3) is 1.92. The minimum Gasteiger partial charge on any atom is -0.329 e. The Morgan fingerprint density at radius 2 is 1.88 bits per heavy atom. The highest BCUT2D eigenvalue weighted by Gasteiger charge is 2.50. The van der Waals surface area contributed by atoms with E-state index in [2.05, 4.69) is 4.90 Å². The van der Waals surface area contributed by atoms with Crippen molar-refractivity contribution in [2.45, 2.75) is 31.2 Å². The number of hydrogen-bond acceptors (Lipinski definition) is 4. The van der Waals surface area contributed by atoms with E-state index in [-0.39, 0.29) is 11.3 Å². The molecule has 2 heterocycles. The Kier molecular flexibility index (Phi) is 2.76. The molecule has 2 aliphatic heterocycles. The Labute approximate surface area is 103 Å². The number of fused-ring (bicyclic) bond motifs is 1. The lowest BCUT2D eigenvalue weighted by Crippen LogP contribution is -2.54. The molecule has 2 saturated heterocycles. The molecular weight excluding hydrogens is 236 g/mol. The molecule has 3 atom stereocenters. The highest BCUT2D eigenvalue weighted by Crippen LogP contribution is 2.42. The van der Waals surface area contributed by atoms with Crippen LogP contribution in [0.4, 0.5) is 0 Å². The summed E-state index contributed by atoms with van der Waals surface area (Å²) in [6.07, 6.45) is 4.76. The Balaban J connectivity index is 1.79. The average molecular weight is 258 g/mol. The first-order valence-electron chi connectivity index (χ1n) is 6.70. The second-order valence-electron chi connectivity index (χ2n) is 6.13. The zero-order chi connectivity index (χ0) is 12.1. The maximum absolute atomic E-state index is 11.7. The number of sulfone groups is 1. The lowest BCUT2D eigenvalue weighted by Gasteiger charge is -2.37. The van der Waals surface area contributed by atoms with Gasteiger partial charge in [0.25, 0.3) is 0 Å². The van der Waals surface area contributed by atoms with Crippen molar-refractivity contribution in [1.82, 2.24) is 4.90 Å². The summed E-state index contributed by atoms with van der Waals surface area (Å²) >= 11 is 0. The van der Waals surface area contributed by atoms with Crippen LogP contribution in [0.1, 0.15) is 25.7 Å². The van der Waals surface area contributed by atoms with E-state index in [4.69, 9.17) is 5.73 Å². The van der Waals surface area contributed by atoms with Gasteiger partial charge < -0.3 is 5.73 Å². The Morgan fingerprint density at radius 1 is 1.24 bits per heavy atom. The molecule has 3 rings (SSSR count). The minimum absolute atomic E-state index is 0.233. The Morgan fingerprint density at radius 3 is 2.35 bits per heavy atom. The molecule has 1 aliphatic carbocycles. The first-order chi connectivity index (χ1) is 8.05. The summed E-state index contributed by atoms with van der Waals surface area (Å²) in [5, 5.41) is 0. The van der Waals surface area contributed by atoms with Gasteiger partial charge in [-0.3, -0.25) is 4.90 Å². The van der Waals surface area contributed by atoms with E-state index in [1.54, 1.807) is 0 Å². The number of nitrogens with two attached hydrogens (primary N) is 1. The van der Waals surface area contributed by atoms with E-state index in [1.807, 2.05) is 0 Å². The molecule has 0 spiro atoms. The van der Waals surface area contributed by atoms with E-state index in [9.17, 15) is 8.42 Å². The molecule has 98 valence electrons. The van der Waals surface area contributed by atoms with Crippen molar-refractivity contribution >= 4 is 9.84 Å². The van der Waals surface area contributed by atoms with Crippen LogP contribution in [-0.4, -0.2) is 50.0 Å². The van der Waals surface area contributed by atoms with Crippen molar-refractivity contribution in [2.75, 3.05) is 31.1 Å². The van der Waals surface area contributed by atoms with E-state index in [1.165, 1.54) is 19.3 Å². The molecule has 5 heteroatoms. The van der Waals surface area contributed by atoms with Crippen LogP contribution in [0.15, 0.2) is 0 Å². The average Bonchev–Trinajstić information content (AvgIpc) is 2.89. The van der Waals surface area contributed by atoms with Gasteiger partial charge in [0.15, 0.2) is 9.84 Å². The monoisotopic (exact) mass is 258 g/mol. The molecule has 3 aliphatic rings. The molecule has 2 N–H and O–H groups in total. The maximum atomic E-state index is 11.7. The van der Waals surface area contributed by atoms with Crippen molar-refractivity contribution < 1.29 is 8.42 Å². The molecule has 0 aromatic heterocycles. The largest absolute Gasteiger partial charge is 0.329 e. The molecule has 0 bridgehead atoms. The van der Waals surface area contributed by atoms with Gasteiger partial charge in [-0.25, -0.2) is 8.42 Å². The van der Waals surface area contributed by atoms with Gasteiger partial charge in [0.1, 0.15) is 0 Å². The van der Waals surface area contributed by atoms with Gasteiger partial charge in [0, 0.05) is 25.2 Å². The fourth-order valence-electron chi connectivity index (χ4n) is 4.06. The van der Waals surface area contributed by atoms with Crippen LogP contribution < -0.4 is 5.73 Å². The zero-order valence-corrected chi connectivity index (χ0v) is 11.1. The van der Waals surface area contributed by atoms with Crippen molar-refractivity contribution in [3.63, 3.8) is 0 Å². The van der Waals surface area contributed by atoms with E-state index in [0.717, 1.165) is 31.3 Å². The van der Waals surface area contributed by atoms with Crippen molar-refractivity contribution in [3.05, 3.63) is 0 Å². The van der Waals surface area contributed by atoms with Crippen molar-refractivity contribution in [1.29, 1.82) is 0 Å². The first-order valence-corrected chi connectivity index (χ1v) is 8.52. The lowest BCUT2D eigenvalue weighted by molar-refractivity contribution is 0.137. The molecule has 3 unspecified atom stereocenters. The molecule has 17 heavy (non-hydrogen) atoms. The molecule has 4 nitrogen and oxygen atoms in total. The molecule has 0 aromatic rings. The summed E-state index contributed by atoms with van der Waals surface area (Å²) in [6.45, 7) is 2.65. The van der Waals surface area contributed by atoms with Gasteiger partial charge in [-0.15, -0.1) is 0 Å². The first kappa shape index (κ1) is 11.9. The van der Waals surface area contributed by atoms with Crippen LogP contribution >= 0.6 is 0 Å². The molecule has 1 saturated carbocycles. The van der Waals surface area contributed by atoms with E-state index < -0.39 is 9.84 Å². The highest BCUT2D eigenvalue weighted by atomic mass is 32.2. The lowest BCUT2D eigenvalue weighted by atomic mass is 9.96. The normalized spacial score (nSPS) is 45.2. The van der Waals surface area contributed by atoms with E-state index >= 15 is 0 Å². The molecule has 0 amide bonds. The SMILES string of the molecule is NCC1(N2CC3CCCC3C2)CCS(=O)(=O)C1. The summed E-state index contributed by atoms with van der Waals surface area (Å²) < 4.78 is 23.5. The third-order valence-electron chi connectivity index (χ3n) is 5.14. The minimum atomic E-state index is -2.85. The second-order valence-corrected chi connectivity index (χ2v) is 8.31. The molecule has 0 aromatic carbocycles. The quantitative estimate of drug-likeness (QED) is 0.770. The smallest absolute Gasteiger partial charge is 0.152 e. The van der Waals surface area contributed by atoms with Crippen LogP contribution in [0.5, 0.6) is 0 Å². The van der Waals surface area contributed by atoms with Crippen LogP contribution in [0.25, 0.3) is 0 Å². The van der Waals surface area contributed by atoms with Gasteiger partial charge >= 0.3 is 0 Å². The van der Waals surface area contributed by atoms with Gasteiger partial charge in [0.05, 0.1) is 11.5 Å². The van der Waals surface area contributed by atoms with Crippen LogP contribution in [0.3, 0.4) is 0 Å². The predicted octanol–water partition coefficient (Wildman–Crippen LogP) is 0.234. The maximum Gasteiger partial charge on any atom is 0.152 e. The van der Waals surface area contributed by atoms with Crippen molar-refractivity contribution in [2.24, 2.45) is 17.6 Å². The summed E-state index contributed by atoms with van der Waals surface area (Å²) in [7, 11) is -2.85. The topological polar surface area (TPSA) is 63.4 Å². The van der Waals surface area contributed by atoms with Gasteiger partial charge in [-0.1, -0.05) is 6.42 Å². The van der Waals surface area contributed by atoms with Gasteiger partial charge in [0.2, 0.25) is 0 Å². The van der Waals surface area contributed by atoms with Crippen LogP contribution in [0.2, 0.25) is 0 Å². The number of rotatable bonds is 2. The molecular formula is C12H22N2O2S. The Bertz CT molecular complexity index is 397. The zero-order valence-electron chi connectivity index (χ0n) is 10.3. The summed E-state index contributed by atoms with van der Waals surface area (Å²) in [6, 6.07) is 0. The van der Waals surface area contributed by atoms with E-state index in [0.29, 0.717) is 12.3 Å². The second kappa shape index (κ2) is 3.93. The fourth-order valence-corrected chi connectivity index (χ4v) is 6.16. The van der Waals surface area contributed by atoms with Crippen LogP contribution in [-0.2, 0) is 9.84 Å². The fraction of sp³-hybridized carbons (Fsp3) is 1.00. The number of nitrogens with zero attached hydrogens (tertiary/aromatic N) is 1. The summed E-state index contributed by atoms with van der Waals surface area (Å²) in [5.41, 5.74) is 5.68. The third-order valence-corrected chi connectivity index (χ3v) is 6.95. The van der Waals surface area contributed by atoms with Gasteiger partial charge in [-0.2, -0.15) is 0 Å². The van der Waals surface area contributed by atoms with Crippen molar-refractivity contribution in [3.8, 4) is 0 Å². The molecule has 0 radical (unpaired) electrons. The standard InChI is InChI=1S/C12H22N2O2S/c13-8-12(4-5-17(15,16)9-12)14-6-10-2-1-3-11(10)7-14/h10-11H,1-9,13H2. The number of likely N-dealkylation sites (tertiary alicyclic amines) is 1. The Hall–Kier alpha value is -0.130. The summed E-state index contributed by atoms with van der Waals surface area (Å²) in [5.74, 6) is 2.23. The summed E-state index contributed by atoms with van der Waals surface area (Å²) in [4.78, 5) is 2.41. The molecule has 3 fully saturated rings. The predicted molar refractivity (Wildman–Crippen MR) is 67.5 cm³/mol. The van der Waals surface area contributed by atoms with Gasteiger partial charge in [-0.05, 0) is 31.1 Å². The van der Waals surface area contributed by atoms with Crippen LogP contribution in [0, 0.1) is 11.8 Å².